The van der Waals surface area contributed by atoms with Crippen molar-refractivity contribution in [2.45, 2.75) is 55.6 Å². The SMILES string of the molecule is C/C(N)=C/C(=N)Nc1cc2ncccc2c(N[C@@H]2CC3CC[C@@H](C2)N3S(=O)(=O)c2cn[nH]c2)n1. The molecule has 6 N–H and O–H groups in total. The van der Waals surface area contributed by atoms with Crippen molar-refractivity contribution < 1.29 is 8.42 Å². The van der Waals surface area contributed by atoms with E-state index in [4.69, 9.17) is 16.1 Å². The van der Waals surface area contributed by atoms with Gasteiger partial charge in [0.15, 0.2) is 0 Å². The van der Waals surface area contributed by atoms with Crippen LogP contribution in [0.25, 0.3) is 10.9 Å². The van der Waals surface area contributed by atoms with Crippen LogP contribution in [0.15, 0.2) is 53.5 Å². The number of amidine groups is 1. The number of hydrogen-bond acceptors (Lipinski definition) is 8. The van der Waals surface area contributed by atoms with E-state index in [2.05, 4.69) is 25.8 Å². The maximum Gasteiger partial charge on any atom is 0.246 e. The first kappa shape index (κ1) is 22.3. The molecule has 0 radical (unpaired) electrons. The van der Waals surface area contributed by atoms with Crippen molar-refractivity contribution in [3.05, 3.63) is 48.6 Å². The molecular formula is C22H27N9O2S. The molecule has 0 saturated carbocycles. The molecule has 3 aromatic rings. The second-order valence-corrected chi connectivity index (χ2v) is 10.7. The number of nitrogens with zero attached hydrogens (tertiary/aromatic N) is 4. The molecule has 34 heavy (non-hydrogen) atoms. The number of rotatable bonds is 6. The van der Waals surface area contributed by atoms with Gasteiger partial charge in [-0.25, -0.2) is 13.4 Å². The van der Waals surface area contributed by atoms with Gasteiger partial charge in [-0.3, -0.25) is 15.5 Å². The van der Waals surface area contributed by atoms with Gasteiger partial charge >= 0.3 is 0 Å². The third-order valence-electron chi connectivity index (χ3n) is 6.29. The van der Waals surface area contributed by atoms with E-state index in [0.29, 0.717) is 30.2 Å². The molecule has 0 amide bonds. The minimum absolute atomic E-state index is 0.0603. The third kappa shape index (κ3) is 4.21. The number of H-pyrrole nitrogens is 1. The van der Waals surface area contributed by atoms with Crippen molar-refractivity contribution in [2.24, 2.45) is 5.73 Å². The second kappa shape index (κ2) is 8.69. The molecule has 0 aliphatic carbocycles. The number of aromatic amines is 1. The molecule has 2 fully saturated rings. The zero-order valence-electron chi connectivity index (χ0n) is 18.7. The Hall–Kier alpha value is -3.51. The number of aromatic nitrogens is 4. The fourth-order valence-electron chi connectivity index (χ4n) is 4.99. The quantitative estimate of drug-likeness (QED) is 0.264. The minimum Gasteiger partial charge on any atom is -0.402 e. The number of piperidine rings is 1. The first-order chi connectivity index (χ1) is 16.3. The van der Waals surface area contributed by atoms with Gasteiger partial charge in [-0.2, -0.15) is 9.40 Å². The summed E-state index contributed by atoms with van der Waals surface area (Å²) >= 11 is 0. The monoisotopic (exact) mass is 481 g/mol. The smallest absolute Gasteiger partial charge is 0.246 e. The largest absolute Gasteiger partial charge is 0.402 e. The van der Waals surface area contributed by atoms with E-state index in [1.165, 1.54) is 18.5 Å². The van der Waals surface area contributed by atoms with Crippen LogP contribution in [-0.4, -0.2) is 56.8 Å². The highest BCUT2D eigenvalue weighted by Gasteiger charge is 2.47. The van der Waals surface area contributed by atoms with Gasteiger partial charge in [-0.05, 0) is 50.8 Å². The molecule has 5 heterocycles. The molecule has 11 nitrogen and oxygen atoms in total. The van der Waals surface area contributed by atoms with Crippen molar-refractivity contribution >= 4 is 38.4 Å². The normalized spacial score (nSPS) is 23.2. The average Bonchev–Trinajstić information content (AvgIpc) is 3.41. The van der Waals surface area contributed by atoms with Gasteiger partial charge in [0.2, 0.25) is 10.0 Å². The highest BCUT2D eigenvalue weighted by Crippen LogP contribution is 2.40. The highest BCUT2D eigenvalue weighted by molar-refractivity contribution is 7.89. The van der Waals surface area contributed by atoms with Gasteiger partial charge in [0.25, 0.3) is 0 Å². The summed E-state index contributed by atoms with van der Waals surface area (Å²) in [6, 6.07) is 5.50. The van der Waals surface area contributed by atoms with Crippen molar-refractivity contribution in [1.29, 1.82) is 5.41 Å². The average molecular weight is 482 g/mol. The number of allylic oxidation sites excluding steroid dienone is 1. The molecule has 3 aromatic heterocycles. The van der Waals surface area contributed by atoms with E-state index in [0.717, 1.165) is 23.7 Å². The zero-order chi connectivity index (χ0) is 23.9. The summed E-state index contributed by atoms with van der Waals surface area (Å²) in [6.45, 7) is 1.71. The van der Waals surface area contributed by atoms with Crippen LogP contribution in [0.2, 0.25) is 0 Å². The van der Waals surface area contributed by atoms with Crippen LogP contribution in [0.5, 0.6) is 0 Å². The molecule has 2 aliphatic rings. The summed E-state index contributed by atoms with van der Waals surface area (Å²) in [5, 5.41) is 21.8. The minimum atomic E-state index is -3.58. The Balaban J connectivity index is 1.39. The number of nitrogens with one attached hydrogen (secondary N) is 4. The number of fused-ring (bicyclic) bond motifs is 3. The number of pyridine rings is 2. The maximum absolute atomic E-state index is 13.2. The van der Waals surface area contributed by atoms with E-state index in [1.54, 1.807) is 23.5 Å². The summed E-state index contributed by atoms with van der Waals surface area (Å²) in [5.41, 5.74) is 6.94. The summed E-state index contributed by atoms with van der Waals surface area (Å²) in [6.07, 6.45) is 9.05. The molecule has 2 saturated heterocycles. The Kier molecular flexibility index (Phi) is 5.70. The van der Waals surface area contributed by atoms with Crippen LogP contribution in [0, 0.1) is 5.41 Å². The number of nitrogens with two attached hydrogens (primary N) is 1. The van der Waals surface area contributed by atoms with Crippen LogP contribution in [0.1, 0.15) is 32.6 Å². The van der Waals surface area contributed by atoms with Gasteiger partial charge in [-0.15, -0.1) is 0 Å². The van der Waals surface area contributed by atoms with E-state index in [-0.39, 0.29) is 28.9 Å². The van der Waals surface area contributed by atoms with E-state index < -0.39 is 10.0 Å². The standard InChI is InChI=1S/C22H27N9O2S/c1-13(23)7-20(24)29-21-10-19-18(3-2-6-25-19)22(30-21)28-14-8-15-4-5-16(9-14)31(15)34(32,33)17-11-26-27-12-17/h2-3,6-7,10-12,14-16H,4-5,8-9,23H2,1H3,(H,26,27)(H3,24,28,29,30)/b13-7-/t14-,15-,16?/m0/s1. The summed E-state index contributed by atoms with van der Waals surface area (Å²) in [5.74, 6) is 1.27. The lowest BCUT2D eigenvalue weighted by atomic mass is 9.99. The van der Waals surface area contributed by atoms with E-state index >= 15 is 0 Å². The molecule has 178 valence electrons. The third-order valence-corrected chi connectivity index (χ3v) is 8.26. The van der Waals surface area contributed by atoms with Gasteiger partial charge in [0.1, 0.15) is 22.4 Å². The van der Waals surface area contributed by atoms with Crippen LogP contribution in [-0.2, 0) is 10.0 Å². The molecule has 0 spiro atoms. The molecule has 12 heteroatoms. The Morgan fingerprint density at radius 3 is 2.76 bits per heavy atom. The highest BCUT2D eigenvalue weighted by atomic mass is 32.2. The Morgan fingerprint density at radius 1 is 1.32 bits per heavy atom. The fourth-order valence-corrected chi connectivity index (χ4v) is 6.79. The lowest BCUT2D eigenvalue weighted by Crippen LogP contribution is -2.49. The van der Waals surface area contributed by atoms with Gasteiger partial charge in [-0.1, -0.05) is 0 Å². The maximum atomic E-state index is 13.2. The molecule has 2 aliphatic heterocycles. The van der Waals surface area contributed by atoms with Gasteiger partial charge in [0.05, 0.1) is 11.7 Å². The predicted molar refractivity (Wildman–Crippen MR) is 130 cm³/mol. The van der Waals surface area contributed by atoms with Gasteiger partial charge < -0.3 is 16.4 Å². The van der Waals surface area contributed by atoms with Crippen LogP contribution in [0.3, 0.4) is 0 Å². The van der Waals surface area contributed by atoms with Crippen LogP contribution < -0.4 is 16.4 Å². The first-order valence-electron chi connectivity index (χ1n) is 11.2. The van der Waals surface area contributed by atoms with Crippen LogP contribution >= 0.6 is 0 Å². The van der Waals surface area contributed by atoms with Crippen molar-refractivity contribution in [1.82, 2.24) is 24.5 Å². The molecule has 0 aromatic carbocycles. The summed E-state index contributed by atoms with van der Waals surface area (Å²) in [4.78, 5) is 9.36. The first-order valence-corrected chi connectivity index (χ1v) is 12.6. The fraction of sp³-hybridized carbons (Fsp3) is 0.364. The molecular weight excluding hydrogens is 454 g/mol. The predicted octanol–water partition coefficient (Wildman–Crippen LogP) is 2.40. The second-order valence-electron chi connectivity index (χ2n) is 8.82. The van der Waals surface area contributed by atoms with Gasteiger partial charge in [0, 0.05) is 47.7 Å². The number of hydrogen-bond donors (Lipinski definition) is 5. The summed E-state index contributed by atoms with van der Waals surface area (Å²) in [7, 11) is -3.58. The molecule has 2 bridgehead atoms. The number of sulfonamides is 1. The Morgan fingerprint density at radius 2 is 2.09 bits per heavy atom. The lowest BCUT2D eigenvalue weighted by Gasteiger charge is -2.38. The zero-order valence-corrected chi connectivity index (χ0v) is 19.5. The Bertz CT molecular complexity index is 1340. The van der Waals surface area contributed by atoms with Crippen molar-refractivity contribution in [2.75, 3.05) is 10.6 Å². The van der Waals surface area contributed by atoms with E-state index in [9.17, 15) is 8.42 Å². The molecule has 1 unspecified atom stereocenters. The lowest BCUT2D eigenvalue weighted by molar-refractivity contribution is 0.234. The molecule has 3 atom stereocenters. The van der Waals surface area contributed by atoms with Crippen LogP contribution in [0.4, 0.5) is 11.6 Å². The number of anilines is 2. The topological polar surface area (TPSA) is 166 Å². The summed E-state index contributed by atoms with van der Waals surface area (Å²) < 4.78 is 28.0. The van der Waals surface area contributed by atoms with E-state index in [1.807, 2.05) is 12.1 Å². The Labute approximate surface area is 197 Å². The van der Waals surface area contributed by atoms with Crippen molar-refractivity contribution in [3.8, 4) is 0 Å². The van der Waals surface area contributed by atoms with Crippen molar-refractivity contribution in [3.63, 3.8) is 0 Å². The molecule has 5 rings (SSSR count).